The van der Waals surface area contributed by atoms with Crippen LogP contribution in [0.3, 0.4) is 0 Å². The summed E-state index contributed by atoms with van der Waals surface area (Å²) in [6.45, 7) is 13.4. The quantitative estimate of drug-likeness (QED) is 0.684. The fourth-order valence-corrected chi connectivity index (χ4v) is 2.86. The van der Waals surface area contributed by atoms with Gasteiger partial charge in [0.05, 0.1) is 0 Å². The SMILES string of the molecule is CC(C)CC1CCCCN(CC(C)C)C1. The van der Waals surface area contributed by atoms with Gasteiger partial charge in [0.25, 0.3) is 0 Å². The molecule has 0 spiro atoms. The number of hydrogen-bond acceptors (Lipinski definition) is 1. The van der Waals surface area contributed by atoms with E-state index in [9.17, 15) is 0 Å². The molecule has 1 unspecified atom stereocenters. The molecule has 0 bridgehead atoms. The van der Waals surface area contributed by atoms with Gasteiger partial charge in [-0.05, 0) is 43.6 Å². The second-order valence-corrected chi connectivity index (χ2v) is 6.14. The third-order valence-electron chi connectivity index (χ3n) is 3.28. The molecule has 0 aromatic carbocycles. The Balaban J connectivity index is 2.38. The molecule has 0 aromatic heterocycles. The zero-order chi connectivity index (χ0) is 11.3. The van der Waals surface area contributed by atoms with Crippen molar-refractivity contribution in [1.29, 1.82) is 0 Å². The maximum absolute atomic E-state index is 2.70. The highest BCUT2D eigenvalue weighted by Gasteiger charge is 2.19. The van der Waals surface area contributed by atoms with Gasteiger partial charge in [-0.15, -0.1) is 0 Å². The van der Waals surface area contributed by atoms with E-state index in [1.807, 2.05) is 0 Å². The van der Waals surface area contributed by atoms with Crippen molar-refractivity contribution >= 4 is 0 Å². The van der Waals surface area contributed by atoms with Crippen LogP contribution in [0.2, 0.25) is 0 Å². The summed E-state index contributed by atoms with van der Waals surface area (Å²) >= 11 is 0. The third kappa shape index (κ3) is 5.55. The summed E-state index contributed by atoms with van der Waals surface area (Å²) in [5.74, 6) is 2.66. The second-order valence-electron chi connectivity index (χ2n) is 6.14. The lowest BCUT2D eigenvalue weighted by atomic mass is 9.93. The fourth-order valence-electron chi connectivity index (χ4n) is 2.86. The zero-order valence-corrected chi connectivity index (χ0v) is 11.1. The fraction of sp³-hybridized carbons (Fsp3) is 1.00. The second kappa shape index (κ2) is 6.52. The molecule has 15 heavy (non-hydrogen) atoms. The van der Waals surface area contributed by atoms with Crippen molar-refractivity contribution in [3.05, 3.63) is 0 Å². The minimum Gasteiger partial charge on any atom is -0.303 e. The Morgan fingerprint density at radius 2 is 1.80 bits per heavy atom. The summed E-state index contributed by atoms with van der Waals surface area (Å²) in [6, 6.07) is 0. The summed E-state index contributed by atoms with van der Waals surface area (Å²) in [7, 11) is 0. The van der Waals surface area contributed by atoms with E-state index in [0.29, 0.717) is 0 Å². The van der Waals surface area contributed by atoms with Crippen LogP contribution < -0.4 is 0 Å². The molecule has 0 aromatic rings. The number of hydrogen-bond donors (Lipinski definition) is 0. The molecule has 1 aliphatic rings. The molecule has 1 aliphatic heterocycles. The molecule has 1 nitrogen and oxygen atoms in total. The Morgan fingerprint density at radius 3 is 2.40 bits per heavy atom. The first-order valence-electron chi connectivity index (χ1n) is 6.80. The molecule has 0 radical (unpaired) electrons. The first kappa shape index (κ1) is 13.0. The molecule has 1 rings (SSSR count). The van der Waals surface area contributed by atoms with Crippen LogP contribution in [0.1, 0.15) is 53.4 Å². The number of nitrogens with zero attached hydrogens (tertiary/aromatic N) is 1. The van der Waals surface area contributed by atoms with Crippen molar-refractivity contribution in [3.63, 3.8) is 0 Å². The Kier molecular flexibility index (Phi) is 5.66. The molecule has 90 valence electrons. The predicted octanol–water partition coefficient (Wildman–Crippen LogP) is 3.79. The third-order valence-corrected chi connectivity index (χ3v) is 3.28. The molecule has 1 fully saturated rings. The molecular weight excluding hydrogens is 182 g/mol. The van der Waals surface area contributed by atoms with Crippen molar-refractivity contribution in [2.24, 2.45) is 17.8 Å². The lowest BCUT2D eigenvalue weighted by Crippen LogP contribution is -2.32. The van der Waals surface area contributed by atoms with Crippen molar-refractivity contribution in [1.82, 2.24) is 4.90 Å². The number of likely N-dealkylation sites (tertiary alicyclic amines) is 1. The number of rotatable bonds is 4. The van der Waals surface area contributed by atoms with Crippen LogP contribution in [-0.4, -0.2) is 24.5 Å². The van der Waals surface area contributed by atoms with Crippen molar-refractivity contribution in [2.75, 3.05) is 19.6 Å². The Bertz CT molecular complexity index is 145. The maximum Gasteiger partial charge on any atom is 0.000987 e. The van der Waals surface area contributed by atoms with Crippen molar-refractivity contribution < 1.29 is 0 Å². The molecule has 1 atom stereocenters. The van der Waals surface area contributed by atoms with Crippen LogP contribution in [0.25, 0.3) is 0 Å². The lowest BCUT2D eigenvalue weighted by molar-refractivity contribution is 0.211. The van der Waals surface area contributed by atoms with Gasteiger partial charge in [0.2, 0.25) is 0 Å². The van der Waals surface area contributed by atoms with Crippen LogP contribution in [0, 0.1) is 17.8 Å². The molecular formula is C14H29N. The van der Waals surface area contributed by atoms with E-state index >= 15 is 0 Å². The van der Waals surface area contributed by atoms with Gasteiger partial charge in [0, 0.05) is 13.1 Å². The minimum atomic E-state index is 0.822. The van der Waals surface area contributed by atoms with E-state index in [4.69, 9.17) is 0 Å². The maximum atomic E-state index is 2.70. The van der Waals surface area contributed by atoms with Gasteiger partial charge in [-0.3, -0.25) is 0 Å². The molecule has 0 saturated carbocycles. The monoisotopic (exact) mass is 211 g/mol. The average molecular weight is 211 g/mol. The topological polar surface area (TPSA) is 3.24 Å². The molecule has 0 aliphatic carbocycles. The van der Waals surface area contributed by atoms with Gasteiger partial charge in [-0.1, -0.05) is 34.1 Å². The average Bonchev–Trinajstić information content (AvgIpc) is 2.28. The smallest absolute Gasteiger partial charge is 0.000987 e. The Hall–Kier alpha value is -0.0400. The zero-order valence-electron chi connectivity index (χ0n) is 11.1. The van der Waals surface area contributed by atoms with Gasteiger partial charge in [-0.2, -0.15) is 0 Å². The lowest BCUT2D eigenvalue weighted by Gasteiger charge is -2.26. The van der Waals surface area contributed by atoms with E-state index in [0.717, 1.165) is 17.8 Å². The Labute approximate surface area is 96.2 Å². The van der Waals surface area contributed by atoms with Crippen LogP contribution in [-0.2, 0) is 0 Å². The summed E-state index contributed by atoms with van der Waals surface area (Å²) < 4.78 is 0. The molecule has 0 N–H and O–H groups in total. The van der Waals surface area contributed by atoms with Gasteiger partial charge >= 0.3 is 0 Å². The van der Waals surface area contributed by atoms with Crippen molar-refractivity contribution in [3.8, 4) is 0 Å². The van der Waals surface area contributed by atoms with E-state index in [1.165, 1.54) is 45.3 Å². The first-order valence-corrected chi connectivity index (χ1v) is 6.80. The van der Waals surface area contributed by atoms with Crippen LogP contribution >= 0.6 is 0 Å². The molecule has 0 amide bonds. The molecule has 1 heteroatoms. The van der Waals surface area contributed by atoms with E-state index in [2.05, 4.69) is 32.6 Å². The van der Waals surface area contributed by atoms with E-state index in [1.54, 1.807) is 0 Å². The molecule has 1 heterocycles. The summed E-state index contributed by atoms with van der Waals surface area (Å²) in [4.78, 5) is 2.70. The largest absolute Gasteiger partial charge is 0.303 e. The standard InChI is InChI=1S/C14H29N/c1-12(2)9-14-7-5-6-8-15(11-14)10-13(3)4/h12-14H,5-11H2,1-4H3. The van der Waals surface area contributed by atoms with E-state index in [-0.39, 0.29) is 0 Å². The van der Waals surface area contributed by atoms with Crippen LogP contribution in [0.4, 0.5) is 0 Å². The first-order chi connectivity index (χ1) is 7.08. The normalized spacial score (nSPS) is 24.8. The minimum absolute atomic E-state index is 0.822. The highest BCUT2D eigenvalue weighted by Crippen LogP contribution is 2.23. The Morgan fingerprint density at radius 1 is 1.07 bits per heavy atom. The van der Waals surface area contributed by atoms with Crippen LogP contribution in [0.15, 0.2) is 0 Å². The van der Waals surface area contributed by atoms with Gasteiger partial charge < -0.3 is 4.90 Å². The highest BCUT2D eigenvalue weighted by atomic mass is 15.1. The summed E-state index contributed by atoms with van der Waals surface area (Å²) in [5, 5.41) is 0. The van der Waals surface area contributed by atoms with Gasteiger partial charge in [0.1, 0.15) is 0 Å². The summed E-state index contributed by atoms with van der Waals surface area (Å²) in [5.41, 5.74) is 0. The van der Waals surface area contributed by atoms with Gasteiger partial charge in [0.15, 0.2) is 0 Å². The highest BCUT2D eigenvalue weighted by molar-refractivity contribution is 4.73. The summed E-state index contributed by atoms with van der Waals surface area (Å²) in [6.07, 6.45) is 5.76. The van der Waals surface area contributed by atoms with E-state index < -0.39 is 0 Å². The van der Waals surface area contributed by atoms with Gasteiger partial charge in [-0.25, -0.2) is 0 Å². The predicted molar refractivity (Wildman–Crippen MR) is 68.1 cm³/mol. The van der Waals surface area contributed by atoms with Crippen LogP contribution in [0.5, 0.6) is 0 Å². The molecule has 1 saturated heterocycles. The van der Waals surface area contributed by atoms with Crippen molar-refractivity contribution in [2.45, 2.75) is 53.4 Å².